The van der Waals surface area contributed by atoms with E-state index in [1.54, 1.807) is 4.90 Å². The van der Waals surface area contributed by atoms with Gasteiger partial charge >= 0.3 is 0 Å². The normalized spacial score (nSPS) is 22.2. The maximum atomic E-state index is 13.0. The molecule has 1 aliphatic heterocycles. The molecule has 1 saturated carbocycles. The molecule has 2 N–H and O–H groups in total. The number of amides is 1. The molecule has 3 rings (SSSR count). The first-order chi connectivity index (χ1) is 12.3. The lowest BCUT2D eigenvalue weighted by molar-refractivity contribution is -0.127. The Labute approximate surface area is 156 Å². The third-order valence-corrected chi connectivity index (χ3v) is 5.61. The fraction of sp³-hybridized carbons (Fsp3) is 0.619. The van der Waals surface area contributed by atoms with Crippen LogP contribution in [-0.4, -0.2) is 36.9 Å². The van der Waals surface area contributed by atoms with Crippen molar-refractivity contribution in [3.63, 3.8) is 0 Å². The van der Waals surface area contributed by atoms with Crippen molar-refractivity contribution in [3.05, 3.63) is 24.3 Å². The molecule has 5 nitrogen and oxygen atoms in total. The van der Waals surface area contributed by atoms with E-state index in [0.717, 1.165) is 24.2 Å². The van der Waals surface area contributed by atoms with E-state index in [1.165, 1.54) is 19.3 Å². The molecule has 0 bridgehead atoms. The third-order valence-electron chi connectivity index (χ3n) is 5.61. The number of carbonyl (C=O) groups is 2. The lowest BCUT2D eigenvalue weighted by atomic mass is 9.90. The highest BCUT2D eigenvalue weighted by Gasteiger charge is 2.36. The van der Waals surface area contributed by atoms with Crippen molar-refractivity contribution >= 4 is 23.1 Å². The summed E-state index contributed by atoms with van der Waals surface area (Å²) in [7, 11) is 0. The van der Waals surface area contributed by atoms with Gasteiger partial charge < -0.3 is 15.5 Å². The summed E-state index contributed by atoms with van der Waals surface area (Å²) in [5.74, 6) is -0.118. The first kappa shape index (κ1) is 18.9. The van der Waals surface area contributed by atoms with E-state index >= 15 is 0 Å². The van der Waals surface area contributed by atoms with Crippen molar-refractivity contribution in [2.45, 2.75) is 65.0 Å². The van der Waals surface area contributed by atoms with Gasteiger partial charge in [-0.15, -0.1) is 0 Å². The molecule has 2 aliphatic rings. The maximum Gasteiger partial charge on any atom is 0.246 e. The van der Waals surface area contributed by atoms with Crippen LogP contribution in [0.25, 0.3) is 0 Å². The van der Waals surface area contributed by atoms with Crippen molar-refractivity contribution in [1.82, 2.24) is 0 Å². The van der Waals surface area contributed by atoms with Gasteiger partial charge in [0.05, 0.1) is 17.9 Å². The van der Waals surface area contributed by atoms with Gasteiger partial charge in [-0.1, -0.05) is 52.2 Å². The maximum absolute atomic E-state index is 13.0. The van der Waals surface area contributed by atoms with E-state index < -0.39 is 11.5 Å². The van der Waals surface area contributed by atoms with Crippen LogP contribution in [0.4, 0.5) is 11.4 Å². The molecule has 1 heterocycles. The monoisotopic (exact) mass is 357 g/mol. The van der Waals surface area contributed by atoms with Crippen molar-refractivity contribution in [1.29, 1.82) is 0 Å². The van der Waals surface area contributed by atoms with Crippen LogP contribution in [0, 0.1) is 5.41 Å². The van der Waals surface area contributed by atoms with Crippen LogP contribution < -0.4 is 15.5 Å². The van der Waals surface area contributed by atoms with Crippen LogP contribution in [0.2, 0.25) is 0 Å². The van der Waals surface area contributed by atoms with Gasteiger partial charge in [-0.25, -0.2) is 0 Å². The van der Waals surface area contributed by atoms with Crippen LogP contribution in [0.1, 0.15) is 52.9 Å². The number of anilines is 2. The Bertz CT molecular complexity index is 674. The minimum Gasteiger partial charge on any atom is -0.365 e. The second-order valence-corrected chi connectivity index (χ2v) is 8.64. The molecule has 0 spiro atoms. The fourth-order valence-corrected chi connectivity index (χ4v) is 3.92. The molecule has 0 saturated heterocycles. The molecule has 1 aliphatic carbocycles. The molecule has 5 heteroatoms. The molecule has 1 aromatic carbocycles. The first-order valence-electron chi connectivity index (χ1n) is 9.75. The minimum atomic E-state index is -0.614. The molecule has 1 fully saturated rings. The number of fused-ring (bicyclic) bond motifs is 1. The van der Waals surface area contributed by atoms with Crippen molar-refractivity contribution in [2.24, 2.45) is 11.1 Å². The quantitative estimate of drug-likeness (QED) is 0.903. The summed E-state index contributed by atoms with van der Waals surface area (Å²) in [5.41, 5.74) is 7.64. The lowest BCUT2D eigenvalue weighted by Gasteiger charge is -2.36. The van der Waals surface area contributed by atoms with Crippen LogP contribution in [0.5, 0.6) is 0 Å². The Hall–Kier alpha value is -1.88. The number of nitrogens with zero attached hydrogens (tertiary/aromatic N) is 2. The summed E-state index contributed by atoms with van der Waals surface area (Å²) in [5, 5.41) is 0. The highest BCUT2D eigenvalue weighted by Crippen LogP contribution is 2.37. The number of benzene rings is 1. The van der Waals surface area contributed by atoms with E-state index in [-0.39, 0.29) is 18.2 Å². The molecular formula is C21H31N3O2. The smallest absolute Gasteiger partial charge is 0.246 e. The summed E-state index contributed by atoms with van der Waals surface area (Å²) in [6.45, 7) is 6.25. The predicted octanol–water partition coefficient (Wildman–Crippen LogP) is 3.11. The highest BCUT2D eigenvalue weighted by molar-refractivity contribution is 6.06. The van der Waals surface area contributed by atoms with Crippen molar-refractivity contribution in [3.8, 4) is 0 Å². The fourth-order valence-electron chi connectivity index (χ4n) is 3.92. The summed E-state index contributed by atoms with van der Waals surface area (Å²) in [6.07, 6.45) is 5.99. The summed E-state index contributed by atoms with van der Waals surface area (Å²) >= 11 is 0. The Morgan fingerprint density at radius 2 is 1.73 bits per heavy atom. The zero-order valence-electron chi connectivity index (χ0n) is 16.2. The highest BCUT2D eigenvalue weighted by atomic mass is 16.2. The summed E-state index contributed by atoms with van der Waals surface area (Å²) < 4.78 is 0. The largest absolute Gasteiger partial charge is 0.365 e. The second kappa shape index (κ2) is 7.39. The van der Waals surface area contributed by atoms with E-state index in [0.29, 0.717) is 12.6 Å². The van der Waals surface area contributed by atoms with Gasteiger partial charge in [0.1, 0.15) is 6.04 Å². The second-order valence-electron chi connectivity index (χ2n) is 8.64. The van der Waals surface area contributed by atoms with Crippen LogP contribution in [0.15, 0.2) is 24.3 Å². The summed E-state index contributed by atoms with van der Waals surface area (Å²) in [6, 6.07) is 7.73. The van der Waals surface area contributed by atoms with Crippen molar-refractivity contribution < 1.29 is 9.59 Å². The zero-order chi connectivity index (χ0) is 18.9. The van der Waals surface area contributed by atoms with Gasteiger partial charge in [0.15, 0.2) is 5.78 Å². The van der Waals surface area contributed by atoms with Gasteiger partial charge in [-0.2, -0.15) is 0 Å². The SMILES string of the molecule is CC(C)(C)C(=O)CN1C(=O)C(N)CN(C2CCCCC2)c2ccccc21. The number of nitrogens with two attached hydrogens (primary N) is 1. The molecular weight excluding hydrogens is 326 g/mol. The third kappa shape index (κ3) is 3.78. The van der Waals surface area contributed by atoms with E-state index in [9.17, 15) is 9.59 Å². The Balaban J connectivity index is 1.99. The average Bonchev–Trinajstić information content (AvgIpc) is 2.72. The number of ketones is 1. The molecule has 1 unspecified atom stereocenters. The van der Waals surface area contributed by atoms with E-state index in [2.05, 4.69) is 11.0 Å². The standard InChI is InChI=1S/C21H31N3O2/c1-21(2,3)19(25)14-24-18-12-8-7-11-17(18)23(13-16(22)20(24)26)15-9-5-4-6-10-15/h7-8,11-12,15-16H,4-6,9-10,13-14,22H2,1-3H3. The molecule has 142 valence electrons. The molecule has 1 aromatic rings. The molecule has 26 heavy (non-hydrogen) atoms. The Morgan fingerprint density at radius 1 is 1.12 bits per heavy atom. The van der Waals surface area contributed by atoms with Gasteiger partial charge in [0, 0.05) is 18.0 Å². The zero-order valence-corrected chi connectivity index (χ0v) is 16.2. The summed E-state index contributed by atoms with van der Waals surface area (Å²) in [4.78, 5) is 29.6. The van der Waals surface area contributed by atoms with Crippen LogP contribution in [0.3, 0.4) is 0 Å². The van der Waals surface area contributed by atoms with Crippen molar-refractivity contribution in [2.75, 3.05) is 22.9 Å². The minimum absolute atomic E-state index is 0.0407. The van der Waals surface area contributed by atoms with Crippen LogP contribution in [-0.2, 0) is 9.59 Å². The molecule has 0 radical (unpaired) electrons. The Morgan fingerprint density at radius 3 is 2.35 bits per heavy atom. The Kier molecular flexibility index (Phi) is 5.37. The molecule has 1 atom stereocenters. The lowest BCUT2D eigenvalue weighted by Crippen LogP contribution is -2.51. The van der Waals surface area contributed by atoms with Gasteiger partial charge in [0.25, 0.3) is 0 Å². The van der Waals surface area contributed by atoms with E-state index in [4.69, 9.17) is 5.73 Å². The first-order valence-corrected chi connectivity index (χ1v) is 9.75. The van der Waals surface area contributed by atoms with Gasteiger partial charge in [-0.3, -0.25) is 9.59 Å². The van der Waals surface area contributed by atoms with Gasteiger partial charge in [0.2, 0.25) is 5.91 Å². The number of para-hydroxylation sites is 2. The molecule has 1 amide bonds. The number of hydrogen-bond acceptors (Lipinski definition) is 4. The number of hydrogen-bond donors (Lipinski definition) is 1. The van der Waals surface area contributed by atoms with Crippen LogP contribution >= 0.6 is 0 Å². The number of carbonyl (C=O) groups excluding carboxylic acids is 2. The number of rotatable bonds is 3. The number of Topliss-reactive ketones (excluding diaryl/α,β-unsaturated/α-hetero) is 1. The average molecular weight is 357 g/mol. The van der Waals surface area contributed by atoms with Gasteiger partial charge in [-0.05, 0) is 25.0 Å². The molecule has 0 aromatic heterocycles. The predicted molar refractivity (Wildman–Crippen MR) is 105 cm³/mol. The topological polar surface area (TPSA) is 66.6 Å². The van der Waals surface area contributed by atoms with E-state index in [1.807, 2.05) is 39.0 Å².